The van der Waals surface area contributed by atoms with Crippen LogP contribution in [0.5, 0.6) is 17.2 Å². The Bertz CT molecular complexity index is 1180. The predicted octanol–water partition coefficient (Wildman–Crippen LogP) is 4.39. The fourth-order valence-electron chi connectivity index (χ4n) is 3.65. The maximum atomic E-state index is 13.5. The van der Waals surface area contributed by atoms with Crippen molar-refractivity contribution in [1.82, 2.24) is 10.4 Å². The molecule has 170 valence electrons. The Kier molecular flexibility index (Phi) is 6.41. The van der Waals surface area contributed by atoms with Crippen molar-refractivity contribution < 1.29 is 23.8 Å². The number of methoxy groups -OCH3 is 3. The Morgan fingerprint density at radius 3 is 2.24 bits per heavy atom. The summed E-state index contributed by atoms with van der Waals surface area (Å²) in [6.45, 7) is 0. The molecule has 0 aliphatic carbocycles. The summed E-state index contributed by atoms with van der Waals surface area (Å²) in [6, 6.07) is 17.5. The van der Waals surface area contributed by atoms with E-state index < -0.39 is 12.1 Å². The number of carbonyl (C=O) groups is 2. The van der Waals surface area contributed by atoms with Crippen molar-refractivity contribution in [3.05, 3.63) is 81.8 Å². The van der Waals surface area contributed by atoms with Gasteiger partial charge in [-0.2, -0.15) is 0 Å². The van der Waals surface area contributed by atoms with Gasteiger partial charge in [0.1, 0.15) is 6.17 Å². The number of halogens is 1. The molecule has 0 saturated carbocycles. The smallest absolute Gasteiger partial charge is 0.276 e. The molecular weight excluding hydrogens is 490 g/mol. The van der Waals surface area contributed by atoms with E-state index in [1.807, 2.05) is 12.1 Å². The molecule has 8 nitrogen and oxygen atoms in total. The molecule has 2 N–H and O–H groups in total. The number of anilines is 1. The van der Waals surface area contributed by atoms with Crippen LogP contribution in [0, 0.1) is 0 Å². The predicted molar refractivity (Wildman–Crippen MR) is 127 cm³/mol. The normalized spacial score (nSPS) is 14.7. The number of ether oxygens (including phenoxy) is 3. The molecule has 0 spiro atoms. The molecule has 33 heavy (non-hydrogen) atoms. The van der Waals surface area contributed by atoms with Crippen LogP contribution in [0.1, 0.15) is 32.4 Å². The lowest BCUT2D eigenvalue weighted by Gasteiger charge is -2.38. The SMILES string of the molecule is COc1cc([C@@H]2Nc3ccc(Br)cc3C(=O)N2NC(=O)c2ccccc2)cc(OC)c1OC. The lowest BCUT2D eigenvalue weighted by Crippen LogP contribution is -2.52. The second-order valence-corrected chi connectivity index (χ2v) is 8.09. The molecule has 1 heterocycles. The zero-order valence-electron chi connectivity index (χ0n) is 18.2. The fourth-order valence-corrected chi connectivity index (χ4v) is 4.01. The number of benzene rings is 3. The number of carbonyl (C=O) groups excluding carboxylic acids is 2. The highest BCUT2D eigenvalue weighted by Crippen LogP contribution is 2.42. The van der Waals surface area contributed by atoms with E-state index in [0.717, 1.165) is 4.47 Å². The molecule has 1 aliphatic rings. The highest BCUT2D eigenvalue weighted by atomic mass is 79.9. The summed E-state index contributed by atoms with van der Waals surface area (Å²) in [5.74, 6) is 0.499. The highest BCUT2D eigenvalue weighted by Gasteiger charge is 2.36. The van der Waals surface area contributed by atoms with Gasteiger partial charge in [-0.05, 0) is 42.5 Å². The van der Waals surface area contributed by atoms with Crippen LogP contribution >= 0.6 is 15.9 Å². The average Bonchev–Trinajstić information content (AvgIpc) is 2.85. The first-order chi connectivity index (χ1) is 16.0. The number of fused-ring (bicyclic) bond motifs is 1. The van der Waals surface area contributed by atoms with Crippen molar-refractivity contribution in [3.8, 4) is 17.2 Å². The molecule has 4 rings (SSSR count). The third kappa shape index (κ3) is 4.31. The Morgan fingerprint density at radius 2 is 1.64 bits per heavy atom. The van der Waals surface area contributed by atoms with Crippen LogP contribution in [0.25, 0.3) is 0 Å². The summed E-state index contributed by atoms with van der Waals surface area (Å²) in [5, 5.41) is 4.60. The molecule has 0 fully saturated rings. The van der Waals surface area contributed by atoms with Crippen LogP contribution in [-0.4, -0.2) is 38.2 Å². The number of nitrogens with one attached hydrogen (secondary N) is 2. The number of hydrazine groups is 1. The first-order valence-electron chi connectivity index (χ1n) is 10.0. The van der Waals surface area contributed by atoms with Crippen LogP contribution in [0.3, 0.4) is 0 Å². The standard InChI is InChI=1S/C24H22BrN3O5/c1-31-19-11-15(12-20(32-2)21(19)33-3)22-26-18-10-9-16(25)13-17(18)24(30)28(22)27-23(29)14-7-5-4-6-8-14/h4-13,22,26H,1-3H3,(H,27,29)/t22-/m1/s1. The summed E-state index contributed by atoms with van der Waals surface area (Å²) in [6.07, 6.45) is -0.743. The van der Waals surface area contributed by atoms with Gasteiger partial charge in [0.05, 0.1) is 26.9 Å². The monoisotopic (exact) mass is 511 g/mol. The molecule has 0 radical (unpaired) electrons. The molecule has 1 aliphatic heterocycles. The minimum absolute atomic E-state index is 0.368. The summed E-state index contributed by atoms with van der Waals surface area (Å²) in [4.78, 5) is 26.5. The van der Waals surface area contributed by atoms with Crippen molar-refractivity contribution in [3.63, 3.8) is 0 Å². The van der Waals surface area contributed by atoms with Crippen LogP contribution in [-0.2, 0) is 0 Å². The Labute approximate surface area is 199 Å². The number of hydrogen-bond acceptors (Lipinski definition) is 6. The Balaban J connectivity index is 1.81. The zero-order chi connectivity index (χ0) is 23.5. The molecule has 0 unspecified atom stereocenters. The molecule has 0 bridgehead atoms. The van der Waals surface area contributed by atoms with Crippen molar-refractivity contribution in [2.24, 2.45) is 0 Å². The summed E-state index contributed by atoms with van der Waals surface area (Å²) in [5.41, 5.74) is 4.85. The van der Waals surface area contributed by atoms with Gasteiger partial charge in [0.15, 0.2) is 11.5 Å². The average molecular weight is 512 g/mol. The van der Waals surface area contributed by atoms with E-state index in [-0.39, 0.29) is 5.91 Å². The van der Waals surface area contributed by atoms with Crippen LogP contribution in [0.15, 0.2) is 65.1 Å². The number of rotatable bonds is 6. The van der Waals surface area contributed by atoms with E-state index in [2.05, 4.69) is 26.7 Å². The van der Waals surface area contributed by atoms with Crippen molar-refractivity contribution in [2.45, 2.75) is 6.17 Å². The fraction of sp³-hybridized carbons (Fsp3) is 0.167. The largest absolute Gasteiger partial charge is 0.493 e. The van der Waals surface area contributed by atoms with Crippen molar-refractivity contribution in [2.75, 3.05) is 26.6 Å². The van der Waals surface area contributed by atoms with E-state index in [1.54, 1.807) is 48.5 Å². The van der Waals surface area contributed by atoms with E-state index >= 15 is 0 Å². The van der Waals surface area contributed by atoms with Crippen molar-refractivity contribution >= 4 is 33.4 Å². The number of amides is 2. The van der Waals surface area contributed by atoms with E-state index in [0.29, 0.717) is 39.6 Å². The molecule has 2 amide bonds. The third-order valence-corrected chi connectivity index (χ3v) is 5.74. The summed E-state index contributed by atoms with van der Waals surface area (Å²) < 4.78 is 17.1. The van der Waals surface area contributed by atoms with Crippen LogP contribution < -0.4 is 25.0 Å². The molecule has 9 heteroatoms. The van der Waals surface area contributed by atoms with E-state index in [9.17, 15) is 9.59 Å². The molecule has 3 aromatic rings. The first kappa shape index (κ1) is 22.5. The second kappa shape index (κ2) is 9.41. The zero-order valence-corrected chi connectivity index (χ0v) is 19.8. The summed E-state index contributed by atoms with van der Waals surface area (Å²) >= 11 is 3.41. The molecule has 0 aromatic heterocycles. The Hall–Kier alpha value is -3.72. The Morgan fingerprint density at radius 1 is 0.970 bits per heavy atom. The van der Waals surface area contributed by atoms with E-state index in [1.165, 1.54) is 26.3 Å². The minimum Gasteiger partial charge on any atom is -0.493 e. The van der Waals surface area contributed by atoms with Gasteiger partial charge < -0.3 is 19.5 Å². The molecular formula is C24H22BrN3O5. The number of hydrogen-bond donors (Lipinski definition) is 2. The maximum Gasteiger partial charge on any atom is 0.276 e. The lowest BCUT2D eigenvalue weighted by molar-refractivity contribution is 0.0490. The summed E-state index contributed by atoms with van der Waals surface area (Å²) in [7, 11) is 4.55. The van der Waals surface area contributed by atoms with Gasteiger partial charge in [-0.25, -0.2) is 5.01 Å². The van der Waals surface area contributed by atoms with Gasteiger partial charge in [0.25, 0.3) is 11.8 Å². The van der Waals surface area contributed by atoms with E-state index in [4.69, 9.17) is 14.2 Å². The van der Waals surface area contributed by atoms with Gasteiger partial charge in [-0.15, -0.1) is 0 Å². The van der Waals surface area contributed by atoms with Gasteiger partial charge in [-0.3, -0.25) is 15.0 Å². The minimum atomic E-state index is -0.743. The second-order valence-electron chi connectivity index (χ2n) is 7.18. The van der Waals surface area contributed by atoms with Gasteiger partial charge in [0, 0.05) is 21.3 Å². The molecule has 1 atom stereocenters. The highest BCUT2D eigenvalue weighted by molar-refractivity contribution is 9.10. The van der Waals surface area contributed by atoms with Gasteiger partial charge in [-0.1, -0.05) is 34.1 Å². The lowest BCUT2D eigenvalue weighted by atomic mass is 10.0. The first-order valence-corrected chi connectivity index (χ1v) is 10.8. The van der Waals surface area contributed by atoms with Crippen LogP contribution in [0.4, 0.5) is 5.69 Å². The number of nitrogens with zero attached hydrogens (tertiary/aromatic N) is 1. The van der Waals surface area contributed by atoms with Crippen LogP contribution in [0.2, 0.25) is 0 Å². The van der Waals surface area contributed by atoms with Gasteiger partial charge >= 0.3 is 0 Å². The maximum absolute atomic E-state index is 13.5. The molecule has 0 saturated heterocycles. The topological polar surface area (TPSA) is 89.1 Å². The molecule has 3 aromatic carbocycles. The van der Waals surface area contributed by atoms with Crippen molar-refractivity contribution in [1.29, 1.82) is 0 Å². The van der Waals surface area contributed by atoms with Gasteiger partial charge in [0.2, 0.25) is 5.75 Å². The quantitative estimate of drug-likeness (QED) is 0.510. The third-order valence-electron chi connectivity index (χ3n) is 5.24.